The van der Waals surface area contributed by atoms with E-state index in [4.69, 9.17) is 0 Å². The quantitative estimate of drug-likeness (QED) is 0.829. The lowest BCUT2D eigenvalue weighted by Gasteiger charge is -2.31. The van der Waals surface area contributed by atoms with Crippen molar-refractivity contribution in [2.24, 2.45) is 0 Å². The second-order valence-electron chi connectivity index (χ2n) is 4.50. The maximum absolute atomic E-state index is 13.8. The number of hydrogen-bond donors (Lipinski definition) is 2. The van der Waals surface area contributed by atoms with Crippen LogP contribution in [0.4, 0.5) is 4.39 Å². The van der Waals surface area contributed by atoms with Crippen LogP contribution in [0.1, 0.15) is 36.1 Å². The molecular weight excluding hydrogens is 221 g/mol. The van der Waals surface area contributed by atoms with Crippen molar-refractivity contribution in [1.82, 2.24) is 5.32 Å². The van der Waals surface area contributed by atoms with Crippen LogP contribution >= 0.6 is 0 Å². The average Bonchev–Trinajstić information content (AvgIpc) is 2.32. The third-order valence-corrected chi connectivity index (χ3v) is 3.42. The molecule has 1 heterocycles. The van der Waals surface area contributed by atoms with E-state index in [-0.39, 0.29) is 6.04 Å². The van der Waals surface area contributed by atoms with E-state index in [0.29, 0.717) is 12.0 Å². The number of fused-ring (bicyclic) bond motifs is 1. The maximum Gasteiger partial charge on any atom is 0.325 e. The van der Waals surface area contributed by atoms with Gasteiger partial charge in [-0.2, -0.15) is 0 Å². The molecule has 0 amide bonds. The summed E-state index contributed by atoms with van der Waals surface area (Å²) in [4.78, 5) is 11.2. The Labute approximate surface area is 99.7 Å². The predicted octanol–water partition coefficient (Wildman–Crippen LogP) is 2.18. The van der Waals surface area contributed by atoms with Gasteiger partial charge in [0.25, 0.3) is 0 Å². The molecule has 0 aromatic heterocycles. The van der Waals surface area contributed by atoms with Gasteiger partial charge in [-0.3, -0.25) is 10.1 Å². The van der Waals surface area contributed by atoms with Gasteiger partial charge >= 0.3 is 5.97 Å². The number of carboxylic acid groups (broad SMARTS) is 1. The number of benzene rings is 1. The summed E-state index contributed by atoms with van der Waals surface area (Å²) in [5.41, 5.74) is 2.12. The van der Waals surface area contributed by atoms with Crippen LogP contribution < -0.4 is 5.32 Å². The summed E-state index contributed by atoms with van der Waals surface area (Å²) in [6, 6.07) is 2.23. The van der Waals surface area contributed by atoms with Crippen LogP contribution in [0.2, 0.25) is 0 Å². The minimum atomic E-state index is -1.02. The van der Waals surface area contributed by atoms with Gasteiger partial charge in [0.1, 0.15) is 11.9 Å². The van der Waals surface area contributed by atoms with Crippen LogP contribution in [0.3, 0.4) is 0 Å². The van der Waals surface area contributed by atoms with Crippen LogP contribution in [0.15, 0.2) is 12.1 Å². The summed E-state index contributed by atoms with van der Waals surface area (Å²) >= 11 is 0. The molecule has 1 aliphatic rings. The first kappa shape index (κ1) is 12.0. The topological polar surface area (TPSA) is 49.3 Å². The van der Waals surface area contributed by atoms with Gasteiger partial charge in [-0.25, -0.2) is 4.39 Å². The van der Waals surface area contributed by atoms with Gasteiger partial charge < -0.3 is 5.11 Å². The molecule has 1 aliphatic heterocycles. The second kappa shape index (κ2) is 4.45. The Kier molecular flexibility index (Phi) is 3.15. The van der Waals surface area contributed by atoms with Crippen LogP contribution in [0.5, 0.6) is 0 Å². The largest absolute Gasteiger partial charge is 0.480 e. The molecule has 2 rings (SSSR count). The number of hydrogen-bond acceptors (Lipinski definition) is 2. The monoisotopic (exact) mass is 237 g/mol. The summed E-state index contributed by atoms with van der Waals surface area (Å²) in [6.45, 7) is 3.89. The van der Waals surface area contributed by atoms with Gasteiger partial charge in [0, 0.05) is 11.6 Å². The molecule has 0 saturated heterocycles. The van der Waals surface area contributed by atoms with Crippen molar-refractivity contribution in [3.63, 3.8) is 0 Å². The zero-order chi connectivity index (χ0) is 12.6. The molecule has 0 aliphatic carbocycles. The molecule has 2 N–H and O–H groups in total. The highest BCUT2D eigenvalue weighted by Gasteiger charge is 2.33. The molecule has 0 spiro atoms. The zero-order valence-electron chi connectivity index (χ0n) is 9.96. The number of nitrogens with one attached hydrogen (secondary N) is 1. The Morgan fingerprint density at radius 3 is 2.88 bits per heavy atom. The van der Waals surface area contributed by atoms with Gasteiger partial charge in [0.15, 0.2) is 0 Å². The van der Waals surface area contributed by atoms with Crippen molar-refractivity contribution >= 4 is 5.97 Å². The number of aliphatic carboxylic acids is 1. The first-order chi connectivity index (χ1) is 8.04. The molecule has 17 heavy (non-hydrogen) atoms. The Hall–Kier alpha value is -1.42. The molecular formula is C13H16FNO2. The van der Waals surface area contributed by atoms with Gasteiger partial charge in [-0.1, -0.05) is 13.0 Å². The minimum Gasteiger partial charge on any atom is -0.480 e. The van der Waals surface area contributed by atoms with Crippen molar-refractivity contribution < 1.29 is 14.3 Å². The van der Waals surface area contributed by atoms with Crippen molar-refractivity contribution in [1.29, 1.82) is 0 Å². The highest BCUT2D eigenvalue weighted by atomic mass is 19.1. The Morgan fingerprint density at radius 1 is 1.59 bits per heavy atom. The fourth-order valence-corrected chi connectivity index (χ4v) is 2.41. The van der Waals surface area contributed by atoms with E-state index in [1.807, 2.05) is 13.8 Å². The normalized spacial score (nSPS) is 23.2. The lowest BCUT2D eigenvalue weighted by atomic mass is 9.86. The van der Waals surface area contributed by atoms with Crippen LogP contribution in [0, 0.1) is 12.7 Å². The summed E-state index contributed by atoms with van der Waals surface area (Å²) in [7, 11) is 0. The highest BCUT2D eigenvalue weighted by molar-refractivity contribution is 5.77. The minimum absolute atomic E-state index is 0.101. The fraction of sp³-hybridized carbons (Fsp3) is 0.462. The van der Waals surface area contributed by atoms with Gasteiger partial charge in [0.2, 0.25) is 0 Å². The molecule has 1 aromatic carbocycles. The van der Waals surface area contributed by atoms with E-state index < -0.39 is 17.8 Å². The van der Waals surface area contributed by atoms with Crippen LogP contribution in [-0.4, -0.2) is 17.1 Å². The van der Waals surface area contributed by atoms with E-state index >= 15 is 0 Å². The fourth-order valence-electron chi connectivity index (χ4n) is 2.41. The van der Waals surface area contributed by atoms with Gasteiger partial charge in [-0.15, -0.1) is 0 Å². The molecule has 1 aromatic rings. The Bertz CT molecular complexity index is 459. The number of halogens is 1. The second-order valence-corrected chi connectivity index (χ2v) is 4.50. The first-order valence-electron chi connectivity index (χ1n) is 5.81. The molecule has 0 bridgehead atoms. The van der Waals surface area contributed by atoms with Crippen molar-refractivity contribution in [2.75, 3.05) is 0 Å². The summed E-state index contributed by atoms with van der Waals surface area (Å²) in [6.07, 6.45) is 1.53. The Morgan fingerprint density at radius 2 is 2.29 bits per heavy atom. The van der Waals surface area contributed by atoms with Gasteiger partial charge in [0.05, 0.1) is 0 Å². The van der Waals surface area contributed by atoms with E-state index in [2.05, 4.69) is 5.32 Å². The average molecular weight is 237 g/mol. The zero-order valence-corrected chi connectivity index (χ0v) is 9.96. The SMILES string of the molecule is CCC1Cc2c(C)ccc(F)c2C(C(=O)O)N1. The van der Waals surface area contributed by atoms with E-state index in [0.717, 1.165) is 17.5 Å². The van der Waals surface area contributed by atoms with E-state index in [1.54, 1.807) is 6.07 Å². The lowest BCUT2D eigenvalue weighted by molar-refractivity contribution is -0.140. The molecule has 92 valence electrons. The summed E-state index contributed by atoms with van der Waals surface area (Å²) < 4.78 is 13.8. The summed E-state index contributed by atoms with van der Waals surface area (Å²) in [5.74, 6) is -1.45. The van der Waals surface area contributed by atoms with Crippen LogP contribution in [-0.2, 0) is 11.2 Å². The van der Waals surface area contributed by atoms with E-state index in [1.165, 1.54) is 6.07 Å². The number of carbonyl (C=O) groups is 1. The number of rotatable bonds is 2. The lowest BCUT2D eigenvalue weighted by Crippen LogP contribution is -2.43. The molecule has 2 atom stereocenters. The van der Waals surface area contributed by atoms with Gasteiger partial charge in [-0.05, 0) is 37.0 Å². The summed E-state index contributed by atoms with van der Waals surface area (Å²) in [5, 5.41) is 12.2. The maximum atomic E-state index is 13.8. The smallest absolute Gasteiger partial charge is 0.325 e. The third-order valence-electron chi connectivity index (χ3n) is 3.42. The van der Waals surface area contributed by atoms with Crippen molar-refractivity contribution in [3.8, 4) is 0 Å². The third kappa shape index (κ3) is 2.05. The number of carboxylic acids is 1. The molecule has 2 unspecified atom stereocenters. The number of aryl methyl sites for hydroxylation is 1. The van der Waals surface area contributed by atoms with Crippen molar-refractivity contribution in [3.05, 3.63) is 34.6 Å². The first-order valence-corrected chi connectivity index (χ1v) is 5.81. The molecule has 4 heteroatoms. The highest BCUT2D eigenvalue weighted by Crippen LogP contribution is 2.31. The van der Waals surface area contributed by atoms with E-state index in [9.17, 15) is 14.3 Å². The molecule has 0 saturated carbocycles. The standard InChI is InChI=1S/C13H16FNO2/c1-3-8-6-9-7(2)4-5-10(14)11(9)12(15-8)13(16)17/h4-5,8,12,15H,3,6H2,1-2H3,(H,16,17). The van der Waals surface area contributed by atoms with Crippen LogP contribution in [0.25, 0.3) is 0 Å². The van der Waals surface area contributed by atoms with Crippen molar-refractivity contribution in [2.45, 2.75) is 38.8 Å². The Balaban J connectivity index is 2.55. The molecule has 0 radical (unpaired) electrons. The predicted molar refractivity (Wildman–Crippen MR) is 62.4 cm³/mol. The molecule has 3 nitrogen and oxygen atoms in total. The molecule has 0 fully saturated rings.